The Morgan fingerprint density at radius 2 is 1.33 bits per heavy atom. The molecule has 0 N–H and O–H groups in total. The molecule has 0 spiro atoms. The number of nitrogens with zero attached hydrogens (tertiary/aromatic N) is 2. The Labute approximate surface area is 138 Å². The van der Waals surface area contributed by atoms with Gasteiger partial charge in [0, 0.05) is 19.0 Å². The van der Waals surface area contributed by atoms with Crippen LogP contribution in [-0.4, -0.2) is 24.3 Å². The molecule has 0 amide bonds. The average Bonchev–Trinajstić information content (AvgIpc) is 2.49. The lowest BCUT2D eigenvalue weighted by atomic mass is 10.1. The normalized spacial score (nSPS) is 13.5. The lowest BCUT2D eigenvalue weighted by Gasteiger charge is -2.19. The van der Waals surface area contributed by atoms with E-state index in [1.54, 1.807) is 0 Å². The van der Waals surface area contributed by atoms with Gasteiger partial charge in [0.2, 0.25) is 0 Å². The molecule has 0 fully saturated rings. The summed E-state index contributed by atoms with van der Waals surface area (Å²) < 4.78 is 0. The van der Waals surface area contributed by atoms with Crippen molar-refractivity contribution in [3.63, 3.8) is 0 Å². The first-order valence-electron chi connectivity index (χ1n) is 8.84. The highest BCUT2D eigenvalue weighted by Gasteiger charge is 1.99. The van der Waals surface area contributed by atoms with E-state index in [1.165, 1.54) is 83.6 Å². The Morgan fingerprint density at radius 3 is 1.81 bits per heavy atom. The molecule has 1 heterocycles. The SMILES string of the molecule is CCCCCCCCCCCCCCN1C=CC=NC1.Cl. The van der Waals surface area contributed by atoms with Crippen molar-refractivity contribution in [2.45, 2.75) is 84.0 Å². The number of hydrogen-bond acceptors (Lipinski definition) is 2. The molecule has 0 bridgehead atoms. The van der Waals surface area contributed by atoms with E-state index in [-0.39, 0.29) is 12.4 Å². The van der Waals surface area contributed by atoms with Gasteiger partial charge >= 0.3 is 0 Å². The molecule has 0 aromatic carbocycles. The van der Waals surface area contributed by atoms with Crippen molar-refractivity contribution < 1.29 is 0 Å². The van der Waals surface area contributed by atoms with Crippen molar-refractivity contribution in [3.8, 4) is 0 Å². The number of hydrogen-bond donors (Lipinski definition) is 0. The molecule has 21 heavy (non-hydrogen) atoms. The zero-order valence-corrected chi connectivity index (χ0v) is 14.8. The molecular weight excluding hydrogens is 280 g/mol. The van der Waals surface area contributed by atoms with Crippen molar-refractivity contribution in [3.05, 3.63) is 12.3 Å². The molecule has 0 saturated heterocycles. The fourth-order valence-corrected chi connectivity index (χ4v) is 2.72. The molecule has 0 aliphatic carbocycles. The standard InChI is InChI=1S/C18H34N2.ClH/c1-2-3-4-5-6-7-8-9-10-11-12-13-16-20-17-14-15-19-18-20;/h14-15,17H,2-13,16,18H2,1H3;1H. The van der Waals surface area contributed by atoms with Gasteiger partial charge in [-0.3, -0.25) is 4.99 Å². The summed E-state index contributed by atoms with van der Waals surface area (Å²) >= 11 is 0. The van der Waals surface area contributed by atoms with Crippen molar-refractivity contribution in [2.24, 2.45) is 4.99 Å². The van der Waals surface area contributed by atoms with Gasteiger partial charge in [-0.1, -0.05) is 77.6 Å². The number of halogens is 1. The van der Waals surface area contributed by atoms with Crippen LogP contribution in [0.2, 0.25) is 0 Å². The number of unbranched alkanes of at least 4 members (excludes halogenated alkanes) is 11. The number of rotatable bonds is 13. The molecule has 0 aromatic rings. The Hall–Kier alpha value is -0.500. The van der Waals surface area contributed by atoms with Crippen molar-refractivity contribution in [2.75, 3.05) is 13.2 Å². The van der Waals surface area contributed by atoms with Crippen LogP contribution in [0.3, 0.4) is 0 Å². The minimum absolute atomic E-state index is 0. The first-order valence-corrected chi connectivity index (χ1v) is 8.84. The molecule has 0 atom stereocenters. The van der Waals surface area contributed by atoms with E-state index in [9.17, 15) is 0 Å². The van der Waals surface area contributed by atoms with Gasteiger partial charge in [-0.15, -0.1) is 12.4 Å². The van der Waals surface area contributed by atoms with Crippen LogP contribution in [0.4, 0.5) is 0 Å². The zero-order chi connectivity index (χ0) is 14.3. The summed E-state index contributed by atoms with van der Waals surface area (Å²) in [6.45, 7) is 4.31. The lowest BCUT2D eigenvalue weighted by molar-refractivity contribution is 0.370. The summed E-state index contributed by atoms with van der Waals surface area (Å²) in [6.07, 6.45) is 23.1. The second-order valence-corrected chi connectivity index (χ2v) is 6.02. The number of allylic oxidation sites excluding steroid dienone is 1. The fourth-order valence-electron chi connectivity index (χ4n) is 2.72. The summed E-state index contributed by atoms with van der Waals surface area (Å²) in [6, 6.07) is 0. The molecule has 3 heteroatoms. The van der Waals surface area contributed by atoms with E-state index in [2.05, 4.69) is 23.0 Å². The van der Waals surface area contributed by atoms with Crippen LogP contribution in [0.25, 0.3) is 0 Å². The Balaban J connectivity index is 0.00000400. The van der Waals surface area contributed by atoms with Crippen LogP contribution < -0.4 is 0 Å². The van der Waals surface area contributed by atoms with E-state index in [0.29, 0.717) is 0 Å². The predicted molar refractivity (Wildman–Crippen MR) is 97.5 cm³/mol. The highest BCUT2D eigenvalue weighted by Crippen LogP contribution is 2.12. The first-order chi connectivity index (χ1) is 9.93. The minimum atomic E-state index is 0. The molecule has 0 aromatic heterocycles. The van der Waals surface area contributed by atoms with Crippen LogP contribution in [0.1, 0.15) is 84.0 Å². The largest absolute Gasteiger partial charge is 0.358 e. The maximum Gasteiger partial charge on any atom is 0.109 e. The quantitative estimate of drug-likeness (QED) is 0.382. The first kappa shape index (κ1) is 20.5. The summed E-state index contributed by atoms with van der Waals surface area (Å²) in [5, 5.41) is 0. The fraction of sp³-hybridized carbons (Fsp3) is 0.833. The molecule has 1 rings (SSSR count). The smallest absolute Gasteiger partial charge is 0.109 e. The Kier molecular flexibility index (Phi) is 15.5. The second-order valence-electron chi connectivity index (χ2n) is 6.02. The molecule has 1 aliphatic heterocycles. The van der Waals surface area contributed by atoms with E-state index < -0.39 is 0 Å². The van der Waals surface area contributed by atoms with Crippen LogP contribution >= 0.6 is 12.4 Å². The van der Waals surface area contributed by atoms with Crippen LogP contribution in [-0.2, 0) is 0 Å². The van der Waals surface area contributed by atoms with Crippen molar-refractivity contribution in [1.29, 1.82) is 0 Å². The van der Waals surface area contributed by atoms with Gasteiger partial charge in [0.15, 0.2) is 0 Å². The maximum atomic E-state index is 4.25. The van der Waals surface area contributed by atoms with Gasteiger partial charge in [-0.25, -0.2) is 0 Å². The summed E-state index contributed by atoms with van der Waals surface area (Å²) in [7, 11) is 0. The third kappa shape index (κ3) is 12.9. The molecule has 0 radical (unpaired) electrons. The molecule has 2 nitrogen and oxygen atoms in total. The van der Waals surface area contributed by atoms with Crippen molar-refractivity contribution >= 4 is 18.6 Å². The summed E-state index contributed by atoms with van der Waals surface area (Å²) in [5.41, 5.74) is 0. The highest BCUT2D eigenvalue weighted by atomic mass is 35.5. The van der Waals surface area contributed by atoms with Gasteiger partial charge < -0.3 is 4.90 Å². The van der Waals surface area contributed by atoms with Crippen LogP contribution in [0, 0.1) is 0 Å². The monoisotopic (exact) mass is 314 g/mol. The molecular formula is C18H35ClN2. The second kappa shape index (κ2) is 15.9. The highest BCUT2D eigenvalue weighted by molar-refractivity contribution is 5.85. The summed E-state index contributed by atoms with van der Waals surface area (Å²) in [5.74, 6) is 0. The van der Waals surface area contributed by atoms with Gasteiger partial charge in [0.05, 0.1) is 0 Å². The van der Waals surface area contributed by atoms with Gasteiger partial charge in [-0.2, -0.15) is 0 Å². The van der Waals surface area contributed by atoms with Gasteiger partial charge in [-0.05, 0) is 12.5 Å². The summed E-state index contributed by atoms with van der Waals surface area (Å²) in [4.78, 5) is 6.55. The van der Waals surface area contributed by atoms with Crippen LogP contribution in [0.5, 0.6) is 0 Å². The van der Waals surface area contributed by atoms with E-state index >= 15 is 0 Å². The van der Waals surface area contributed by atoms with E-state index in [4.69, 9.17) is 0 Å². The molecule has 1 aliphatic rings. The van der Waals surface area contributed by atoms with Gasteiger partial charge in [0.1, 0.15) is 6.67 Å². The van der Waals surface area contributed by atoms with E-state index in [1.807, 2.05) is 12.3 Å². The van der Waals surface area contributed by atoms with E-state index in [0.717, 1.165) is 6.67 Å². The lowest BCUT2D eigenvalue weighted by Crippen LogP contribution is -2.20. The van der Waals surface area contributed by atoms with Crippen molar-refractivity contribution in [1.82, 2.24) is 4.90 Å². The molecule has 0 unspecified atom stereocenters. The third-order valence-electron chi connectivity index (χ3n) is 4.05. The Morgan fingerprint density at radius 1 is 0.810 bits per heavy atom. The molecule has 0 saturated carbocycles. The predicted octanol–water partition coefficient (Wildman–Crippen LogP) is 5.97. The van der Waals surface area contributed by atoms with Crippen LogP contribution in [0.15, 0.2) is 17.3 Å². The zero-order valence-electron chi connectivity index (χ0n) is 13.9. The topological polar surface area (TPSA) is 15.6 Å². The number of aliphatic imine (C=N–C) groups is 1. The minimum Gasteiger partial charge on any atom is -0.358 e. The third-order valence-corrected chi connectivity index (χ3v) is 4.05. The maximum absolute atomic E-state index is 4.25. The Bertz CT molecular complexity index is 264. The molecule has 124 valence electrons. The van der Waals surface area contributed by atoms with Gasteiger partial charge in [0.25, 0.3) is 0 Å². The average molecular weight is 315 g/mol.